The van der Waals surface area contributed by atoms with Gasteiger partial charge in [0, 0.05) is 25.0 Å². The highest BCUT2D eigenvalue weighted by Crippen LogP contribution is 2.35. The van der Waals surface area contributed by atoms with E-state index in [4.69, 9.17) is 9.47 Å². The fourth-order valence-corrected chi connectivity index (χ4v) is 3.49. The van der Waals surface area contributed by atoms with Gasteiger partial charge in [0.15, 0.2) is 0 Å². The highest BCUT2D eigenvalue weighted by Gasteiger charge is 2.50. The van der Waals surface area contributed by atoms with E-state index in [1.54, 1.807) is 0 Å². The van der Waals surface area contributed by atoms with E-state index in [1.165, 1.54) is 19.3 Å². The Morgan fingerprint density at radius 2 is 2.09 bits per heavy atom. The molecule has 0 aromatic rings. The molecule has 0 aromatic heterocycles. The van der Waals surface area contributed by atoms with E-state index >= 15 is 0 Å². The number of aliphatic hydroxyl groups is 1. The van der Waals surface area contributed by atoms with Crippen molar-refractivity contribution in [1.82, 2.24) is 10.6 Å². The van der Waals surface area contributed by atoms with E-state index in [0.29, 0.717) is 25.4 Å². The fourth-order valence-electron chi connectivity index (χ4n) is 3.49. The van der Waals surface area contributed by atoms with Gasteiger partial charge < -0.3 is 25.2 Å². The number of amides is 1. The second-order valence-electron chi connectivity index (χ2n) is 7.12. The molecule has 1 amide bonds. The van der Waals surface area contributed by atoms with Crippen LogP contribution >= 0.6 is 0 Å². The lowest BCUT2D eigenvalue weighted by Gasteiger charge is -2.29. The van der Waals surface area contributed by atoms with Crippen LogP contribution in [0.5, 0.6) is 0 Å². The Hall–Kier alpha value is -0.690. The number of carbonyl (C=O) groups excluding carboxylic acids is 1. The molecule has 22 heavy (non-hydrogen) atoms. The highest BCUT2D eigenvalue weighted by atomic mass is 16.6. The summed E-state index contributed by atoms with van der Waals surface area (Å²) in [5, 5.41) is 16.7. The third-order valence-corrected chi connectivity index (χ3v) is 4.85. The van der Waals surface area contributed by atoms with Crippen molar-refractivity contribution in [2.75, 3.05) is 6.54 Å². The predicted molar refractivity (Wildman–Crippen MR) is 81.5 cm³/mol. The third-order valence-electron chi connectivity index (χ3n) is 4.85. The number of ether oxygens (including phenoxy) is 2. The van der Waals surface area contributed by atoms with Crippen molar-refractivity contribution in [2.24, 2.45) is 0 Å². The smallest absolute Gasteiger partial charge is 0.222 e. The van der Waals surface area contributed by atoms with Crippen molar-refractivity contribution in [3.05, 3.63) is 0 Å². The quantitative estimate of drug-likeness (QED) is 0.659. The van der Waals surface area contributed by atoms with E-state index in [-0.39, 0.29) is 36.4 Å². The van der Waals surface area contributed by atoms with Crippen LogP contribution < -0.4 is 10.6 Å². The van der Waals surface area contributed by atoms with E-state index in [2.05, 4.69) is 10.6 Å². The van der Waals surface area contributed by atoms with Crippen LogP contribution in [0, 0.1) is 0 Å². The van der Waals surface area contributed by atoms with Gasteiger partial charge in [0.1, 0.15) is 12.2 Å². The van der Waals surface area contributed by atoms with Crippen molar-refractivity contribution < 1.29 is 19.4 Å². The van der Waals surface area contributed by atoms with E-state index in [9.17, 15) is 9.90 Å². The molecule has 1 aliphatic carbocycles. The van der Waals surface area contributed by atoms with Gasteiger partial charge in [0.05, 0.1) is 24.7 Å². The summed E-state index contributed by atoms with van der Waals surface area (Å²) in [7, 11) is 0. The molecule has 0 spiro atoms. The Bertz CT molecular complexity index is 400. The lowest BCUT2D eigenvalue weighted by molar-refractivity contribution is -0.125. The van der Waals surface area contributed by atoms with Gasteiger partial charge in [-0.05, 0) is 26.7 Å². The third kappa shape index (κ3) is 3.62. The van der Waals surface area contributed by atoms with E-state index in [0.717, 1.165) is 0 Å². The van der Waals surface area contributed by atoms with Crippen LogP contribution in [0.4, 0.5) is 0 Å². The Labute approximate surface area is 131 Å². The number of carbonyl (C=O) groups is 1. The molecule has 3 fully saturated rings. The van der Waals surface area contributed by atoms with Crippen LogP contribution in [0.15, 0.2) is 0 Å². The van der Waals surface area contributed by atoms with Gasteiger partial charge in [-0.15, -0.1) is 0 Å². The monoisotopic (exact) mass is 312 g/mol. The largest absolute Gasteiger partial charge is 0.388 e. The Morgan fingerprint density at radius 3 is 2.68 bits per heavy atom. The van der Waals surface area contributed by atoms with Gasteiger partial charge in [-0.3, -0.25) is 4.79 Å². The van der Waals surface area contributed by atoms with Gasteiger partial charge in [0.25, 0.3) is 0 Å². The number of hydrogen-bond donors (Lipinski definition) is 3. The molecular formula is C16H28N2O4. The van der Waals surface area contributed by atoms with Crippen LogP contribution in [0.25, 0.3) is 0 Å². The lowest BCUT2D eigenvalue weighted by Crippen LogP contribution is -2.44. The molecule has 6 nitrogen and oxygen atoms in total. The lowest BCUT2D eigenvalue weighted by atomic mass is 9.93. The maximum absolute atomic E-state index is 11.8. The average Bonchev–Trinajstić information content (AvgIpc) is 2.87. The number of fused-ring (bicyclic) bond motifs is 1. The van der Waals surface area contributed by atoms with Crippen molar-refractivity contribution in [2.45, 2.75) is 88.6 Å². The molecule has 3 N–H and O–H groups in total. The molecule has 0 radical (unpaired) electrons. The first-order chi connectivity index (χ1) is 10.5. The molecule has 0 bridgehead atoms. The minimum atomic E-state index is -0.601. The highest BCUT2D eigenvalue weighted by molar-refractivity contribution is 5.76. The molecule has 2 aliphatic heterocycles. The van der Waals surface area contributed by atoms with Crippen molar-refractivity contribution in [3.63, 3.8) is 0 Å². The molecule has 126 valence electrons. The van der Waals surface area contributed by atoms with Gasteiger partial charge in [0.2, 0.25) is 5.91 Å². The van der Waals surface area contributed by atoms with Crippen molar-refractivity contribution in [3.8, 4) is 0 Å². The summed E-state index contributed by atoms with van der Waals surface area (Å²) in [6.45, 7) is 4.56. The predicted octanol–water partition coefficient (Wildman–Crippen LogP) is 0.329. The summed E-state index contributed by atoms with van der Waals surface area (Å²) in [6.07, 6.45) is 3.45. The second-order valence-corrected chi connectivity index (χ2v) is 7.12. The summed E-state index contributed by atoms with van der Waals surface area (Å²) >= 11 is 0. The maximum Gasteiger partial charge on any atom is 0.222 e. The number of aliphatic hydroxyl groups excluding tert-OH is 1. The molecule has 2 heterocycles. The first kappa shape index (κ1) is 16.2. The number of rotatable bonds is 6. The standard InChI is InChI=1S/C16H28N2O4/c1-9(2)18-14(19)7-11-6-12-16(21-11)15(20)13(22-12)8-17-10-4-3-5-10/h9-13,15-17,20H,3-8H2,1-2H3,(H,18,19). The first-order valence-corrected chi connectivity index (χ1v) is 8.54. The zero-order valence-corrected chi connectivity index (χ0v) is 13.5. The molecule has 3 rings (SSSR count). The van der Waals surface area contributed by atoms with Crippen LogP contribution in [-0.2, 0) is 14.3 Å². The van der Waals surface area contributed by atoms with Crippen molar-refractivity contribution in [1.29, 1.82) is 0 Å². The Kier molecular flexibility index (Phi) is 5.02. The minimum Gasteiger partial charge on any atom is -0.388 e. The summed E-state index contributed by atoms with van der Waals surface area (Å²) in [6, 6.07) is 0.724. The average molecular weight is 312 g/mol. The van der Waals surface area contributed by atoms with Crippen LogP contribution in [-0.4, -0.2) is 60.2 Å². The van der Waals surface area contributed by atoms with Crippen LogP contribution in [0.1, 0.15) is 46.0 Å². The molecular weight excluding hydrogens is 284 g/mol. The molecule has 5 atom stereocenters. The number of nitrogens with one attached hydrogen (secondary N) is 2. The molecule has 5 unspecified atom stereocenters. The van der Waals surface area contributed by atoms with E-state index < -0.39 is 6.10 Å². The fraction of sp³-hybridized carbons (Fsp3) is 0.938. The molecule has 2 saturated heterocycles. The SMILES string of the molecule is CC(C)NC(=O)CC1CC2OC(CNC3CCC3)C(O)C2O1. The first-order valence-electron chi connectivity index (χ1n) is 8.54. The number of hydrogen-bond acceptors (Lipinski definition) is 5. The zero-order chi connectivity index (χ0) is 15.7. The molecule has 0 aromatic carbocycles. The van der Waals surface area contributed by atoms with Gasteiger partial charge in [-0.25, -0.2) is 0 Å². The normalized spacial score (nSPS) is 38.1. The maximum atomic E-state index is 11.8. The molecule has 3 aliphatic rings. The Balaban J connectivity index is 1.43. The van der Waals surface area contributed by atoms with Gasteiger partial charge in [-0.2, -0.15) is 0 Å². The zero-order valence-electron chi connectivity index (χ0n) is 13.5. The second kappa shape index (κ2) is 6.83. The molecule has 6 heteroatoms. The van der Waals surface area contributed by atoms with Gasteiger partial charge in [-0.1, -0.05) is 6.42 Å². The van der Waals surface area contributed by atoms with E-state index in [1.807, 2.05) is 13.8 Å². The van der Waals surface area contributed by atoms with Crippen LogP contribution in [0.3, 0.4) is 0 Å². The van der Waals surface area contributed by atoms with Crippen LogP contribution in [0.2, 0.25) is 0 Å². The van der Waals surface area contributed by atoms with Crippen molar-refractivity contribution >= 4 is 5.91 Å². The Morgan fingerprint density at radius 1 is 1.32 bits per heavy atom. The summed E-state index contributed by atoms with van der Waals surface area (Å²) in [5.41, 5.74) is 0. The topological polar surface area (TPSA) is 79.8 Å². The van der Waals surface area contributed by atoms with Gasteiger partial charge >= 0.3 is 0 Å². The summed E-state index contributed by atoms with van der Waals surface area (Å²) < 4.78 is 11.8. The summed E-state index contributed by atoms with van der Waals surface area (Å²) in [5.74, 6) is -0.00216. The minimum absolute atomic E-state index is 0.00216. The molecule has 1 saturated carbocycles. The summed E-state index contributed by atoms with van der Waals surface area (Å²) in [4.78, 5) is 11.8.